The normalized spacial score (nSPS) is 11.2. The van der Waals surface area contributed by atoms with Gasteiger partial charge in [-0.3, -0.25) is 4.79 Å². The Morgan fingerprint density at radius 2 is 1.91 bits per heavy atom. The fourth-order valence-electron chi connectivity index (χ4n) is 0.230. The molecule has 0 heterocycles. The van der Waals surface area contributed by atoms with Crippen LogP contribution in [0.4, 0.5) is 0 Å². The van der Waals surface area contributed by atoms with Crippen LogP contribution in [0.25, 0.3) is 0 Å². The lowest BCUT2D eigenvalue weighted by molar-refractivity contribution is -0.141. The van der Waals surface area contributed by atoms with Gasteiger partial charge < -0.3 is 4.18 Å². The second-order valence-electron chi connectivity index (χ2n) is 2.06. The smallest absolute Gasteiger partial charge is 0.339 e. The van der Waals surface area contributed by atoms with Crippen molar-refractivity contribution in [1.82, 2.24) is 0 Å². The molecule has 0 aromatic heterocycles. The summed E-state index contributed by atoms with van der Waals surface area (Å²) < 4.78 is 25.2. The molecule has 0 aliphatic heterocycles. The predicted molar refractivity (Wildman–Crippen MR) is 36.2 cm³/mol. The van der Waals surface area contributed by atoms with Gasteiger partial charge in [0, 0.05) is 0 Å². The third-order valence-corrected chi connectivity index (χ3v) is 2.42. The molecule has 0 atom stereocenters. The van der Waals surface area contributed by atoms with Gasteiger partial charge in [-0.15, -0.1) is 0 Å². The van der Waals surface area contributed by atoms with Gasteiger partial charge in [-0.2, -0.15) is 8.42 Å². The minimum atomic E-state index is -3.89. The van der Waals surface area contributed by atoms with E-state index in [4.69, 9.17) is 0 Å². The molecule has 0 amide bonds. The Morgan fingerprint density at radius 1 is 1.45 bits per heavy atom. The summed E-state index contributed by atoms with van der Waals surface area (Å²) in [5.41, 5.74) is 0. The van der Waals surface area contributed by atoms with Crippen molar-refractivity contribution in [3.63, 3.8) is 0 Å². The summed E-state index contributed by atoms with van der Waals surface area (Å²) in [5.74, 6) is -1.39. The van der Waals surface area contributed by atoms with Gasteiger partial charge in [-0.25, -0.2) is 4.79 Å². The first-order valence-corrected chi connectivity index (χ1v) is 4.29. The third kappa shape index (κ3) is 3.13. The van der Waals surface area contributed by atoms with E-state index in [0.29, 0.717) is 0 Å². The SMILES string of the molecule is CC(C)S(=O)(=O)OC(=O)C=O. The molecule has 0 saturated heterocycles. The van der Waals surface area contributed by atoms with Crippen molar-refractivity contribution in [2.45, 2.75) is 19.1 Å². The average molecular weight is 180 g/mol. The Kier molecular flexibility index (Phi) is 3.18. The van der Waals surface area contributed by atoms with Gasteiger partial charge in [0.15, 0.2) is 0 Å². The largest absolute Gasteiger partial charge is 0.386 e. The first-order valence-electron chi connectivity index (χ1n) is 2.82. The summed E-state index contributed by atoms with van der Waals surface area (Å²) in [6, 6.07) is 0. The van der Waals surface area contributed by atoms with Gasteiger partial charge in [-0.1, -0.05) is 0 Å². The second-order valence-corrected chi connectivity index (χ2v) is 4.16. The van der Waals surface area contributed by atoms with Gasteiger partial charge in [-0.05, 0) is 13.8 Å². The van der Waals surface area contributed by atoms with Gasteiger partial charge >= 0.3 is 16.1 Å². The average Bonchev–Trinajstić information content (AvgIpc) is 1.86. The number of carbonyl (C=O) groups excluding carboxylic acids is 2. The topological polar surface area (TPSA) is 77.5 Å². The second kappa shape index (κ2) is 3.47. The van der Waals surface area contributed by atoms with Crippen LogP contribution in [0.1, 0.15) is 13.8 Å². The standard InChI is InChI=1S/C5H8O5S/c1-4(2)11(8,9)10-5(7)3-6/h3-4H,1-2H3. The van der Waals surface area contributed by atoms with E-state index in [-0.39, 0.29) is 6.29 Å². The number of carbonyl (C=O) groups is 2. The summed E-state index contributed by atoms with van der Waals surface area (Å²) in [7, 11) is -3.89. The molecule has 0 radical (unpaired) electrons. The van der Waals surface area contributed by atoms with Crippen LogP contribution in [0.3, 0.4) is 0 Å². The lowest BCUT2D eigenvalue weighted by Gasteiger charge is -2.04. The van der Waals surface area contributed by atoms with Crippen LogP contribution in [0.5, 0.6) is 0 Å². The maximum Gasteiger partial charge on any atom is 0.386 e. The Bertz CT molecular complexity index is 250. The van der Waals surface area contributed by atoms with Gasteiger partial charge in [0.25, 0.3) is 0 Å². The Morgan fingerprint density at radius 3 is 2.18 bits per heavy atom. The Balaban J connectivity index is 4.38. The summed E-state index contributed by atoms with van der Waals surface area (Å²) in [6.07, 6.45) is -0.195. The molecule has 0 bridgehead atoms. The highest BCUT2D eigenvalue weighted by Gasteiger charge is 2.20. The van der Waals surface area contributed by atoms with E-state index in [1.807, 2.05) is 0 Å². The van der Waals surface area contributed by atoms with E-state index in [1.165, 1.54) is 13.8 Å². The van der Waals surface area contributed by atoms with Gasteiger partial charge in [0.1, 0.15) is 0 Å². The zero-order valence-corrected chi connectivity index (χ0v) is 6.92. The molecule has 0 saturated carbocycles. The molecule has 0 aliphatic carbocycles. The molecule has 0 aromatic carbocycles. The number of hydrogen-bond acceptors (Lipinski definition) is 5. The molecular formula is C5H8O5S. The van der Waals surface area contributed by atoms with Crippen molar-refractivity contribution in [2.24, 2.45) is 0 Å². The molecule has 11 heavy (non-hydrogen) atoms. The van der Waals surface area contributed by atoms with Crippen molar-refractivity contribution in [2.75, 3.05) is 0 Å². The van der Waals surface area contributed by atoms with E-state index in [1.54, 1.807) is 0 Å². The summed E-state index contributed by atoms with van der Waals surface area (Å²) >= 11 is 0. The zero-order chi connectivity index (χ0) is 9.07. The highest BCUT2D eigenvalue weighted by atomic mass is 32.2. The molecule has 0 fully saturated rings. The van der Waals surface area contributed by atoms with Crippen molar-refractivity contribution in [1.29, 1.82) is 0 Å². The summed E-state index contributed by atoms with van der Waals surface area (Å²) in [4.78, 5) is 19.8. The maximum atomic E-state index is 10.7. The molecule has 0 aromatic rings. The van der Waals surface area contributed by atoms with Gasteiger partial charge in [0.2, 0.25) is 6.29 Å². The quantitative estimate of drug-likeness (QED) is 0.331. The zero-order valence-electron chi connectivity index (χ0n) is 6.10. The molecule has 64 valence electrons. The fourth-order valence-corrected chi connectivity index (χ4v) is 0.691. The van der Waals surface area contributed by atoms with Crippen molar-refractivity contribution < 1.29 is 22.2 Å². The third-order valence-electron chi connectivity index (χ3n) is 0.872. The van der Waals surface area contributed by atoms with Gasteiger partial charge in [0.05, 0.1) is 5.25 Å². The predicted octanol–water partition coefficient (Wildman–Crippen LogP) is -0.533. The fraction of sp³-hybridized carbons (Fsp3) is 0.600. The number of aldehydes is 1. The van der Waals surface area contributed by atoms with Crippen LogP contribution in [0.15, 0.2) is 0 Å². The van der Waals surface area contributed by atoms with Crippen LogP contribution in [-0.4, -0.2) is 25.9 Å². The van der Waals surface area contributed by atoms with Crippen LogP contribution in [0, 0.1) is 0 Å². The van der Waals surface area contributed by atoms with Crippen molar-refractivity contribution in [3.05, 3.63) is 0 Å². The van der Waals surface area contributed by atoms with E-state index in [0.717, 1.165) is 0 Å². The molecule has 0 unspecified atom stereocenters. The van der Waals surface area contributed by atoms with Crippen LogP contribution >= 0.6 is 0 Å². The molecule has 0 N–H and O–H groups in total. The lowest BCUT2D eigenvalue weighted by atomic mass is 10.6. The van der Waals surface area contributed by atoms with Crippen LogP contribution in [-0.2, 0) is 23.9 Å². The first-order chi connectivity index (χ1) is 4.90. The molecule has 6 heteroatoms. The van der Waals surface area contributed by atoms with E-state index in [9.17, 15) is 18.0 Å². The van der Waals surface area contributed by atoms with Crippen molar-refractivity contribution in [3.8, 4) is 0 Å². The van der Waals surface area contributed by atoms with Crippen LogP contribution < -0.4 is 0 Å². The maximum absolute atomic E-state index is 10.7. The number of hydrogen-bond donors (Lipinski definition) is 0. The van der Waals surface area contributed by atoms with E-state index in [2.05, 4.69) is 4.18 Å². The molecule has 0 spiro atoms. The van der Waals surface area contributed by atoms with Crippen molar-refractivity contribution >= 4 is 22.4 Å². The number of rotatable bonds is 3. The van der Waals surface area contributed by atoms with Crippen LogP contribution in [0.2, 0.25) is 0 Å². The lowest BCUT2D eigenvalue weighted by Crippen LogP contribution is -2.21. The minimum absolute atomic E-state index is 0.195. The van der Waals surface area contributed by atoms with E-state index >= 15 is 0 Å². The first kappa shape index (κ1) is 10.1. The Hall–Kier alpha value is -0.910. The molecule has 5 nitrogen and oxygen atoms in total. The molecular weight excluding hydrogens is 172 g/mol. The highest BCUT2D eigenvalue weighted by Crippen LogP contribution is 2.01. The molecule has 0 aliphatic rings. The highest BCUT2D eigenvalue weighted by molar-refractivity contribution is 7.87. The monoisotopic (exact) mass is 180 g/mol. The summed E-state index contributed by atoms with van der Waals surface area (Å²) in [6.45, 7) is 2.68. The minimum Gasteiger partial charge on any atom is -0.339 e. The Labute approximate surface area is 64.5 Å². The molecule has 0 rings (SSSR count). The summed E-state index contributed by atoms with van der Waals surface area (Å²) in [5, 5.41) is -0.827. The van der Waals surface area contributed by atoms with E-state index < -0.39 is 21.3 Å².